The van der Waals surface area contributed by atoms with Crippen molar-refractivity contribution in [3.63, 3.8) is 0 Å². The third kappa shape index (κ3) is 5.86. The minimum absolute atomic E-state index is 0.263. The van der Waals surface area contributed by atoms with Gasteiger partial charge in [-0.2, -0.15) is 0 Å². The molecule has 6 heteroatoms. The summed E-state index contributed by atoms with van der Waals surface area (Å²) < 4.78 is 23.3. The van der Waals surface area contributed by atoms with Crippen molar-refractivity contribution >= 4 is 6.03 Å². The number of halogens is 1. The van der Waals surface area contributed by atoms with Crippen molar-refractivity contribution in [1.29, 1.82) is 0 Å². The van der Waals surface area contributed by atoms with Crippen molar-refractivity contribution in [2.24, 2.45) is 0 Å². The van der Waals surface area contributed by atoms with Gasteiger partial charge in [0.15, 0.2) is 0 Å². The van der Waals surface area contributed by atoms with Gasteiger partial charge in [-0.3, -0.25) is 0 Å². The zero-order chi connectivity index (χ0) is 16.5. The maximum absolute atomic E-state index is 12.9. The minimum Gasteiger partial charge on any atom is -0.497 e. The summed E-state index contributed by atoms with van der Waals surface area (Å²) in [7, 11) is 1.60. The highest BCUT2D eigenvalue weighted by Crippen LogP contribution is 2.11. The van der Waals surface area contributed by atoms with E-state index in [4.69, 9.17) is 9.47 Å². The Bertz CT molecular complexity index is 632. The number of hydrogen-bond acceptors (Lipinski definition) is 3. The molecule has 0 unspecified atom stereocenters. The molecular weight excluding hydrogens is 299 g/mol. The van der Waals surface area contributed by atoms with Gasteiger partial charge in [-0.05, 0) is 29.8 Å². The van der Waals surface area contributed by atoms with E-state index in [1.807, 2.05) is 24.3 Å². The third-order valence-corrected chi connectivity index (χ3v) is 3.06. The van der Waals surface area contributed by atoms with Crippen molar-refractivity contribution < 1.29 is 18.7 Å². The van der Waals surface area contributed by atoms with Crippen LogP contribution in [0.3, 0.4) is 0 Å². The number of methoxy groups -OCH3 is 1. The van der Waals surface area contributed by atoms with Gasteiger partial charge >= 0.3 is 6.03 Å². The van der Waals surface area contributed by atoms with Crippen molar-refractivity contribution in [1.82, 2.24) is 10.6 Å². The molecule has 2 rings (SSSR count). The topological polar surface area (TPSA) is 59.6 Å². The van der Waals surface area contributed by atoms with Crippen LogP contribution >= 0.6 is 0 Å². The van der Waals surface area contributed by atoms with Crippen LogP contribution in [0.5, 0.6) is 11.5 Å². The van der Waals surface area contributed by atoms with E-state index in [0.29, 0.717) is 18.8 Å². The van der Waals surface area contributed by atoms with Crippen LogP contribution in [0.25, 0.3) is 0 Å². The fourth-order valence-electron chi connectivity index (χ4n) is 1.88. The van der Waals surface area contributed by atoms with E-state index in [1.165, 1.54) is 12.1 Å². The van der Waals surface area contributed by atoms with E-state index in [1.54, 1.807) is 19.2 Å². The van der Waals surface area contributed by atoms with Crippen molar-refractivity contribution in [2.75, 3.05) is 20.3 Å². The molecule has 0 saturated heterocycles. The molecule has 122 valence electrons. The van der Waals surface area contributed by atoms with E-state index in [2.05, 4.69) is 10.6 Å². The van der Waals surface area contributed by atoms with Gasteiger partial charge < -0.3 is 20.1 Å². The summed E-state index contributed by atoms with van der Waals surface area (Å²) in [6, 6.07) is 13.0. The van der Waals surface area contributed by atoms with Crippen LogP contribution < -0.4 is 20.1 Å². The summed E-state index contributed by atoms with van der Waals surface area (Å²) in [6.07, 6.45) is 0. The maximum atomic E-state index is 12.9. The predicted octanol–water partition coefficient (Wildman–Crippen LogP) is 2.71. The lowest BCUT2D eigenvalue weighted by Crippen LogP contribution is -2.37. The van der Waals surface area contributed by atoms with Gasteiger partial charge in [0.1, 0.15) is 23.9 Å². The highest BCUT2D eigenvalue weighted by molar-refractivity contribution is 5.73. The summed E-state index contributed by atoms with van der Waals surface area (Å²) in [6.45, 7) is 1.00. The van der Waals surface area contributed by atoms with Gasteiger partial charge in [0.25, 0.3) is 0 Å². The number of rotatable bonds is 7. The molecule has 0 radical (unpaired) electrons. The SMILES string of the molecule is COc1ccc(CNC(=O)NCCOc2cccc(F)c2)cc1. The Kier molecular flexibility index (Phi) is 6.23. The molecule has 0 aromatic heterocycles. The zero-order valence-corrected chi connectivity index (χ0v) is 12.8. The molecule has 0 aliphatic carbocycles. The van der Waals surface area contributed by atoms with Crippen LogP contribution in [0.15, 0.2) is 48.5 Å². The fourth-order valence-corrected chi connectivity index (χ4v) is 1.88. The van der Waals surface area contributed by atoms with Crippen LogP contribution in [0.2, 0.25) is 0 Å². The number of carbonyl (C=O) groups is 1. The van der Waals surface area contributed by atoms with Gasteiger partial charge in [-0.1, -0.05) is 18.2 Å². The van der Waals surface area contributed by atoms with Crippen LogP contribution in [-0.2, 0) is 6.54 Å². The first-order valence-electron chi connectivity index (χ1n) is 7.20. The van der Waals surface area contributed by atoms with Gasteiger partial charge in [0, 0.05) is 12.6 Å². The Morgan fingerprint density at radius 3 is 2.57 bits per heavy atom. The lowest BCUT2D eigenvalue weighted by Gasteiger charge is -2.09. The number of ether oxygens (including phenoxy) is 2. The highest BCUT2D eigenvalue weighted by Gasteiger charge is 2.01. The largest absolute Gasteiger partial charge is 0.497 e. The number of carbonyl (C=O) groups excluding carboxylic acids is 1. The molecule has 0 heterocycles. The fraction of sp³-hybridized carbons (Fsp3) is 0.235. The molecule has 0 aliphatic rings. The zero-order valence-electron chi connectivity index (χ0n) is 12.8. The molecule has 0 atom stereocenters. The van der Waals surface area contributed by atoms with Crippen LogP contribution in [0, 0.1) is 5.82 Å². The number of hydrogen-bond donors (Lipinski definition) is 2. The van der Waals surface area contributed by atoms with Crippen LogP contribution in [-0.4, -0.2) is 26.3 Å². The third-order valence-electron chi connectivity index (χ3n) is 3.06. The average Bonchev–Trinajstić information content (AvgIpc) is 2.57. The number of nitrogens with one attached hydrogen (secondary N) is 2. The van der Waals surface area contributed by atoms with E-state index in [0.717, 1.165) is 11.3 Å². The van der Waals surface area contributed by atoms with Gasteiger partial charge in [-0.25, -0.2) is 9.18 Å². The molecule has 0 spiro atoms. The van der Waals surface area contributed by atoms with E-state index in [9.17, 15) is 9.18 Å². The summed E-state index contributed by atoms with van der Waals surface area (Å²) in [4.78, 5) is 11.6. The van der Waals surface area contributed by atoms with E-state index in [-0.39, 0.29) is 18.5 Å². The Morgan fingerprint density at radius 1 is 1.09 bits per heavy atom. The second-order valence-electron chi connectivity index (χ2n) is 4.76. The minimum atomic E-state index is -0.354. The Morgan fingerprint density at radius 2 is 1.87 bits per heavy atom. The lowest BCUT2D eigenvalue weighted by molar-refractivity contribution is 0.236. The van der Waals surface area contributed by atoms with Crippen LogP contribution in [0.4, 0.5) is 9.18 Å². The van der Waals surface area contributed by atoms with E-state index < -0.39 is 0 Å². The molecule has 2 aromatic rings. The Labute approximate surface area is 134 Å². The molecule has 2 N–H and O–H groups in total. The highest BCUT2D eigenvalue weighted by atomic mass is 19.1. The number of urea groups is 1. The summed E-state index contributed by atoms with van der Waals surface area (Å²) in [5.41, 5.74) is 0.969. The molecule has 0 fully saturated rings. The first kappa shape index (κ1) is 16.6. The molecule has 0 saturated carbocycles. The van der Waals surface area contributed by atoms with Gasteiger partial charge in [-0.15, -0.1) is 0 Å². The first-order chi connectivity index (χ1) is 11.2. The quantitative estimate of drug-likeness (QED) is 0.772. The van der Waals surface area contributed by atoms with Crippen LogP contribution in [0.1, 0.15) is 5.56 Å². The molecule has 0 aliphatic heterocycles. The Balaban J connectivity index is 1.63. The predicted molar refractivity (Wildman–Crippen MR) is 85.1 cm³/mol. The smallest absolute Gasteiger partial charge is 0.315 e. The first-order valence-corrected chi connectivity index (χ1v) is 7.20. The molecule has 0 bridgehead atoms. The normalized spacial score (nSPS) is 10.0. The van der Waals surface area contributed by atoms with Gasteiger partial charge in [0.2, 0.25) is 0 Å². The Hall–Kier alpha value is -2.76. The average molecular weight is 318 g/mol. The second-order valence-corrected chi connectivity index (χ2v) is 4.76. The van der Waals surface area contributed by atoms with E-state index >= 15 is 0 Å². The molecule has 2 amide bonds. The van der Waals surface area contributed by atoms with Gasteiger partial charge in [0.05, 0.1) is 13.7 Å². The molecule has 5 nitrogen and oxygen atoms in total. The summed E-state index contributed by atoms with van der Waals surface area (Å²) in [5.74, 6) is 0.853. The monoisotopic (exact) mass is 318 g/mol. The molecular formula is C17H19FN2O3. The summed E-state index contributed by atoms with van der Waals surface area (Å²) >= 11 is 0. The molecule has 2 aromatic carbocycles. The van der Waals surface area contributed by atoms with Crippen molar-refractivity contribution in [3.8, 4) is 11.5 Å². The number of benzene rings is 2. The second kappa shape index (κ2) is 8.63. The standard InChI is InChI=1S/C17H19FN2O3/c1-22-15-7-5-13(6-8-15)12-20-17(21)19-9-10-23-16-4-2-3-14(18)11-16/h2-8,11H,9-10,12H2,1H3,(H2,19,20,21). The molecule has 23 heavy (non-hydrogen) atoms. The van der Waals surface area contributed by atoms with Crippen molar-refractivity contribution in [3.05, 3.63) is 59.9 Å². The van der Waals surface area contributed by atoms with Crippen molar-refractivity contribution in [2.45, 2.75) is 6.54 Å². The lowest BCUT2D eigenvalue weighted by atomic mass is 10.2. The number of amides is 2. The summed E-state index contributed by atoms with van der Waals surface area (Å²) in [5, 5.41) is 5.40. The maximum Gasteiger partial charge on any atom is 0.315 e.